The lowest BCUT2D eigenvalue weighted by molar-refractivity contribution is -0.139. The van der Waals surface area contributed by atoms with Crippen molar-refractivity contribution >= 4 is 17.9 Å². The number of rotatable bonds is 7. The first-order valence-electron chi connectivity index (χ1n) is 8.20. The van der Waals surface area contributed by atoms with Crippen molar-refractivity contribution in [1.29, 1.82) is 5.26 Å². The number of carbonyl (C=O) groups is 2. The number of nitriles is 1. The molecule has 0 radical (unpaired) electrons. The molecule has 6 heteroatoms. The fourth-order valence-corrected chi connectivity index (χ4v) is 2.63. The lowest BCUT2D eigenvalue weighted by Crippen LogP contribution is -2.42. The summed E-state index contributed by atoms with van der Waals surface area (Å²) in [5.41, 5.74) is 1.24. The van der Waals surface area contributed by atoms with Gasteiger partial charge in [0.2, 0.25) is 0 Å². The Morgan fingerprint density at radius 1 is 1.19 bits per heavy atom. The number of nitrogens with zero attached hydrogens (tertiary/aromatic N) is 2. The van der Waals surface area contributed by atoms with Gasteiger partial charge in [0.15, 0.2) is 11.5 Å². The molecule has 0 bridgehead atoms. The largest absolute Gasteiger partial charge is 0.493 e. The van der Waals surface area contributed by atoms with Crippen LogP contribution in [0.2, 0.25) is 0 Å². The van der Waals surface area contributed by atoms with Gasteiger partial charge in [-0.2, -0.15) is 5.26 Å². The minimum absolute atomic E-state index is 0.0329. The van der Waals surface area contributed by atoms with Gasteiger partial charge >= 0.3 is 0 Å². The minimum Gasteiger partial charge on any atom is -0.493 e. The number of amides is 2. The molecule has 138 valence electrons. The molecule has 0 saturated carbocycles. The molecule has 27 heavy (non-hydrogen) atoms. The average Bonchev–Trinajstić information content (AvgIpc) is 2.67. The topological polar surface area (TPSA) is 79.6 Å². The zero-order chi connectivity index (χ0) is 20.0. The van der Waals surface area contributed by atoms with Crippen molar-refractivity contribution in [3.05, 3.63) is 65.8 Å². The maximum Gasteiger partial charge on any atom is 0.271 e. The molecule has 1 aliphatic heterocycles. The van der Waals surface area contributed by atoms with Crippen molar-refractivity contribution in [3.63, 3.8) is 0 Å². The zero-order valence-corrected chi connectivity index (χ0v) is 15.3. The smallest absolute Gasteiger partial charge is 0.271 e. The molecule has 0 unspecified atom stereocenters. The van der Waals surface area contributed by atoms with Gasteiger partial charge in [-0.3, -0.25) is 14.5 Å². The summed E-state index contributed by atoms with van der Waals surface area (Å²) in [7, 11) is 1.52. The summed E-state index contributed by atoms with van der Waals surface area (Å²) in [6, 6.07) is 7.08. The summed E-state index contributed by atoms with van der Waals surface area (Å²) >= 11 is 0. The molecule has 2 amide bonds. The van der Waals surface area contributed by atoms with Gasteiger partial charge in [-0.25, -0.2) is 0 Å². The molecule has 0 spiro atoms. The lowest BCUT2D eigenvalue weighted by atomic mass is 9.93. The van der Waals surface area contributed by atoms with Gasteiger partial charge < -0.3 is 9.47 Å². The summed E-state index contributed by atoms with van der Waals surface area (Å²) in [5.74, 6) is -0.0382. The van der Waals surface area contributed by atoms with Gasteiger partial charge in [0.05, 0.1) is 7.11 Å². The van der Waals surface area contributed by atoms with Crippen LogP contribution in [0.1, 0.15) is 12.5 Å². The van der Waals surface area contributed by atoms with Gasteiger partial charge in [0.1, 0.15) is 18.2 Å². The van der Waals surface area contributed by atoms with E-state index in [-0.39, 0.29) is 17.7 Å². The van der Waals surface area contributed by atoms with Crippen LogP contribution < -0.4 is 9.47 Å². The predicted octanol–water partition coefficient (Wildman–Crippen LogP) is 3.04. The van der Waals surface area contributed by atoms with E-state index < -0.39 is 11.8 Å². The Morgan fingerprint density at radius 2 is 1.93 bits per heavy atom. The Hall–Kier alpha value is -3.59. The number of ether oxygens (including phenoxy) is 2. The van der Waals surface area contributed by atoms with Crippen molar-refractivity contribution in [1.82, 2.24) is 4.90 Å². The van der Waals surface area contributed by atoms with Crippen LogP contribution in [-0.4, -0.2) is 37.0 Å². The van der Waals surface area contributed by atoms with Crippen molar-refractivity contribution in [2.45, 2.75) is 6.92 Å². The first-order chi connectivity index (χ1) is 13.0. The van der Waals surface area contributed by atoms with E-state index >= 15 is 0 Å². The SMILES string of the molecule is C=CCOc1ccc(/C=C2/C(=O)N(CC=C)C(=O)C(C#N)=C2C)cc1OC. The van der Waals surface area contributed by atoms with E-state index in [1.807, 2.05) is 6.07 Å². The first kappa shape index (κ1) is 19.7. The second-order valence-electron chi connectivity index (χ2n) is 5.69. The molecule has 1 aliphatic rings. The van der Waals surface area contributed by atoms with Crippen LogP contribution in [-0.2, 0) is 9.59 Å². The molecule has 0 aliphatic carbocycles. The fraction of sp³-hybridized carbons (Fsp3) is 0.190. The van der Waals surface area contributed by atoms with E-state index in [1.165, 1.54) is 13.2 Å². The second kappa shape index (κ2) is 8.68. The van der Waals surface area contributed by atoms with Gasteiger partial charge in [0.25, 0.3) is 11.8 Å². The van der Waals surface area contributed by atoms with Gasteiger partial charge in [-0.05, 0) is 36.3 Å². The maximum atomic E-state index is 12.7. The van der Waals surface area contributed by atoms with E-state index in [2.05, 4.69) is 13.2 Å². The molecule has 0 fully saturated rings. The summed E-state index contributed by atoms with van der Waals surface area (Å²) in [5, 5.41) is 9.32. The fourth-order valence-electron chi connectivity index (χ4n) is 2.63. The van der Waals surface area contributed by atoms with Crippen LogP contribution in [0.3, 0.4) is 0 Å². The summed E-state index contributed by atoms with van der Waals surface area (Å²) in [6.07, 6.45) is 4.69. The van der Waals surface area contributed by atoms with Crippen molar-refractivity contribution in [3.8, 4) is 17.6 Å². The van der Waals surface area contributed by atoms with Gasteiger partial charge in [0, 0.05) is 12.1 Å². The van der Waals surface area contributed by atoms with Crippen molar-refractivity contribution in [2.75, 3.05) is 20.3 Å². The van der Waals surface area contributed by atoms with Crippen LogP contribution >= 0.6 is 0 Å². The van der Waals surface area contributed by atoms with Crippen LogP contribution in [0.5, 0.6) is 11.5 Å². The van der Waals surface area contributed by atoms with Gasteiger partial charge in [-0.1, -0.05) is 24.8 Å². The van der Waals surface area contributed by atoms with Crippen molar-refractivity contribution in [2.24, 2.45) is 0 Å². The quantitative estimate of drug-likeness (QED) is 0.422. The number of carbonyl (C=O) groups excluding carboxylic acids is 2. The number of methoxy groups -OCH3 is 1. The number of benzene rings is 1. The third kappa shape index (κ3) is 3.98. The molecule has 1 aromatic carbocycles. The molecular weight excluding hydrogens is 344 g/mol. The third-order valence-electron chi connectivity index (χ3n) is 3.99. The van der Waals surface area contributed by atoms with Crippen LogP contribution in [0.25, 0.3) is 6.08 Å². The monoisotopic (exact) mass is 364 g/mol. The highest BCUT2D eigenvalue weighted by Crippen LogP contribution is 2.31. The minimum atomic E-state index is -0.609. The molecule has 6 nitrogen and oxygen atoms in total. The lowest BCUT2D eigenvalue weighted by Gasteiger charge is -2.26. The molecule has 0 aromatic heterocycles. The zero-order valence-electron chi connectivity index (χ0n) is 15.3. The molecule has 0 atom stereocenters. The normalized spacial score (nSPS) is 15.6. The third-order valence-corrected chi connectivity index (χ3v) is 3.99. The standard InChI is InChI=1S/C21H20N2O4/c1-5-9-23-20(24)16(14(3)17(13-22)21(23)25)11-15-7-8-18(27-10-6-2)19(12-15)26-4/h5-8,11-12H,1-2,9-10H2,3-4H3/b16-11+. The highest BCUT2D eigenvalue weighted by atomic mass is 16.5. The Bertz CT molecular complexity index is 903. The second-order valence-corrected chi connectivity index (χ2v) is 5.69. The van der Waals surface area contributed by atoms with E-state index in [0.717, 1.165) is 4.90 Å². The number of hydrogen-bond acceptors (Lipinski definition) is 5. The Balaban J connectivity index is 2.52. The molecule has 2 rings (SSSR count). The van der Waals surface area contributed by atoms with E-state index in [4.69, 9.17) is 9.47 Å². The Morgan fingerprint density at radius 3 is 2.52 bits per heavy atom. The highest BCUT2D eigenvalue weighted by Gasteiger charge is 2.34. The number of hydrogen-bond donors (Lipinski definition) is 0. The van der Waals surface area contributed by atoms with Crippen LogP contribution in [0.4, 0.5) is 0 Å². The first-order valence-corrected chi connectivity index (χ1v) is 8.20. The van der Waals surface area contributed by atoms with Crippen LogP contribution in [0.15, 0.2) is 60.2 Å². The summed E-state index contributed by atoms with van der Waals surface area (Å²) in [4.78, 5) is 26.1. The van der Waals surface area contributed by atoms with E-state index in [1.54, 1.807) is 37.3 Å². The molecule has 0 saturated heterocycles. The van der Waals surface area contributed by atoms with Crippen molar-refractivity contribution < 1.29 is 19.1 Å². The van der Waals surface area contributed by atoms with E-state index in [9.17, 15) is 14.9 Å². The molecular formula is C21H20N2O4. The summed E-state index contributed by atoms with van der Waals surface area (Å²) < 4.78 is 10.8. The predicted molar refractivity (Wildman–Crippen MR) is 102 cm³/mol. The Labute approximate surface area is 158 Å². The molecule has 0 N–H and O–H groups in total. The summed E-state index contributed by atoms with van der Waals surface area (Å²) in [6.45, 7) is 9.12. The molecule has 1 heterocycles. The molecule has 1 aromatic rings. The Kier molecular flexibility index (Phi) is 6.34. The van der Waals surface area contributed by atoms with E-state index in [0.29, 0.717) is 29.2 Å². The van der Waals surface area contributed by atoms with Gasteiger partial charge in [-0.15, -0.1) is 6.58 Å². The maximum absolute atomic E-state index is 12.7. The highest BCUT2D eigenvalue weighted by molar-refractivity contribution is 6.19. The number of imide groups is 1. The average molecular weight is 364 g/mol. The van der Waals surface area contributed by atoms with Crippen LogP contribution in [0, 0.1) is 11.3 Å².